The van der Waals surface area contributed by atoms with Crippen LogP contribution in [0.5, 0.6) is 0 Å². The van der Waals surface area contributed by atoms with E-state index in [4.69, 9.17) is 59.2 Å². The normalized spacial score (nSPS) is 10.8. The molecule has 0 unspecified atom stereocenters. The zero-order valence-electron chi connectivity index (χ0n) is 17.4. The summed E-state index contributed by atoms with van der Waals surface area (Å²) in [6.07, 6.45) is 1.64. The number of anilines is 1. The van der Waals surface area contributed by atoms with Crippen LogP contribution in [-0.4, -0.2) is 49.8 Å². The van der Waals surface area contributed by atoms with E-state index in [-0.39, 0.29) is 0 Å². The standard InChI is InChI=1S/C21H19BrCl3N5S2/c1-4-29(5-2)20(31)13-9-12(23)10-15(25)18(13)28(3)21(32)16-11-17(22)27-30(16)19-14(24)7-6-8-26-19/h6-11H,4-5H2,1-3H3. The van der Waals surface area contributed by atoms with Crippen LogP contribution in [0.2, 0.25) is 15.1 Å². The van der Waals surface area contributed by atoms with Crippen LogP contribution in [0.25, 0.3) is 5.82 Å². The molecule has 2 aromatic heterocycles. The molecule has 3 aromatic rings. The van der Waals surface area contributed by atoms with Crippen molar-refractivity contribution in [3.63, 3.8) is 0 Å². The van der Waals surface area contributed by atoms with Gasteiger partial charge in [-0.05, 0) is 54.0 Å². The number of thiocarbonyl (C=S) groups is 2. The van der Waals surface area contributed by atoms with Gasteiger partial charge >= 0.3 is 0 Å². The van der Waals surface area contributed by atoms with Crippen LogP contribution in [0.3, 0.4) is 0 Å². The minimum absolute atomic E-state index is 0.438. The Labute approximate surface area is 221 Å². The second kappa shape index (κ2) is 10.8. The van der Waals surface area contributed by atoms with Crippen LogP contribution in [0.1, 0.15) is 25.1 Å². The Morgan fingerprint density at radius 3 is 2.38 bits per heavy atom. The second-order valence-electron chi connectivity index (χ2n) is 6.70. The SMILES string of the molecule is CCN(CC)C(=S)c1cc(Cl)cc(Cl)c1N(C)C(=S)c1cc(Br)nn1-c1ncccc1Cl. The Bertz CT molecular complexity index is 1180. The third-order valence-electron chi connectivity index (χ3n) is 4.79. The molecule has 0 aliphatic rings. The highest BCUT2D eigenvalue weighted by Gasteiger charge is 2.25. The van der Waals surface area contributed by atoms with Crippen molar-refractivity contribution in [1.82, 2.24) is 19.7 Å². The van der Waals surface area contributed by atoms with Gasteiger partial charge in [-0.1, -0.05) is 59.2 Å². The quantitative estimate of drug-likeness (QED) is 0.293. The first-order valence-electron chi connectivity index (χ1n) is 9.62. The molecule has 11 heteroatoms. The molecular weight excluding hydrogens is 573 g/mol. The molecule has 0 saturated carbocycles. The molecule has 5 nitrogen and oxygen atoms in total. The monoisotopic (exact) mass is 589 g/mol. The lowest BCUT2D eigenvalue weighted by Crippen LogP contribution is -2.33. The molecule has 0 aliphatic heterocycles. The molecule has 168 valence electrons. The fraction of sp³-hybridized carbons (Fsp3) is 0.238. The predicted octanol–water partition coefficient (Wildman–Crippen LogP) is 6.82. The zero-order valence-corrected chi connectivity index (χ0v) is 22.9. The van der Waals surface area contributed by atoms with E-state index in [0.29, 0.717) is 46.8 Å². The van der Waals surface area contributed by atoms with Crippen molar-refractivity contribution in [2.45, 2.75) is 13.8 Å². The molecule has 0 saturated heterocycles. The summed E-state index contributed by atoms with van der Waals surface area (Å²) < 4.78 is 2.18. The van der Waals surface area contributed by atoms with Gasteiger partial charge in [0.15, 0.2) is 5.82 Å². The lowest BCUT2D eigenvalue weighted by atomic mass is 10.1. The average molecular weight is 592 g/mol. The second-order valence-corrected chi connectivity index (χ2v) is 9.54. The molecule has 2 heterocycles. The van der Waals surface area contributed by atoms with Crippen LogP contribution < -0.4 is 4.90 Å². The summed E-state index contributed by atoms with van der Waals surface area (Å²) in [4.78, 5) is 9.32. The molecule has 0 aliphatic carbocycles. The van der Waals surface area contributed by atoms with Gasteiger partial charge in [0.05, 0.1) is 15.7 Å². The van der Waals surface area contributed by atoms with Crippen LogP contribution >= 0.6 is 75.2 Å². The van der Waals surface area contributed by atoms with Gasteiger partial charge < -0.3 is 9.80 Å². The van der Waals surface area contributed by atoms with E-state index in [1.165, 1.54) is 0 Å². The molecule has 0 fully saturated rings. The van der Waals surface area contributed by atoms with Crippen molar-refractivity contribution < 1.29 is 0 Å². The Balaban J connectivity index is 2.12. The van der Waals surface area contributed by atoms with Crippen molar-refractivity contribution in [3.8, 4) is 5.82 Å². The first-order valence-corrected chi connectivity index (χ1v) is 12.4. The number of rotatable bonds is 6. The third-order valence-corrected chi connectivity index (χ3v) is 6.94. The van der Waals surface area contributed by atoms with Gasteiger partial charge in [-0.15, -0.1) is 0 Å². The number of pyridine rings is 1. The van der Waals surface area contributed by atoms with E-state index in [1.807, 2.05) is 27.0 Å². The van der Waals surface area contributed by atoms with Crippen LogP contribution in [-0.2, 0) is 0 Å². The summed E-state index contributed by atoms with van der Waals surface area (Å²) in [7, 11) is 1.83. The van der Waals surface area contributed by atoms with Gasteiger partial charge in [-0.3, -0.25) is 0 Å². The van der Waals surface area contributed by atoms with Crippen LogP contribution in [0.4, 0.5) is 5.69 Å². The summed E-state index contributed by atoms with van der Waals surface area (Å²) in [5, 5.41) is 5.85. The fourth-order valence-corrected chi connectivity index (χ4v) is 5.07. The third kappa shape index (κ3) is 5.11. The summed E-state index contributed by atoms with van der Waals surface area (Å²) in [6, 6.07) is 8.78. The summed E-state index contributed by atoms with van der Waals surface area (Å²) in [5.74, 6) is 0.465. The Hall–Kier alpha value is -1.29. The molecule has 0 amide bonds. The molecule has 0 spiro atoms. The molecule has 0 bridgehead atoms. The zero-order chi connectivity index (χ0) is 23.6. The number of halogens is 4. The summed E-state index contributed by atoms with van der Waals surface area (Å²) in [5.41, 5.74) is 2.00. The molecule has 1 aromatic carbocycles. The lowest BCUT2D eigenvalue weighted by molar-refractivity contribution is 0.475. The Morgan fingerprint density at radius 1 is 1.06 bits per heavy atom. The van der Waals surface area contributed by atoms with Crippen molar-refractivity contribution in [1.29, 1.82) is 0 Å². The topological polar surface area (TPSA) is 37.2 Å². The Kier molecular flexibility index (Phi) is 8.52. The minimum Gasteiger partial charge on any atom is -0.363 e. The maximum absolute atomic E-state index is 6.65. The summed E-state index contributed by atoms with van der Waals surface area (Å²) in [6.45, 7) is 5.60. The molecule has 32 heavy (non-hydrogen) atoms. The summed E-state index contributed by atoms with van der Waals surface area (Å²) >= 11 is 34.4. The maximum Gasteiger partial charge on any atom is 0.172 e. The van der Waals surface area contributed by atoms with Gasteiger partial charge in [0, 0.05) is 43.0 Å². The first kappa shape index (κ1) is 25.3. The van der Waals surface area contributed by atoms with Crippen molar-refractivity contribution in [3.05, 3.63) is 67.5 Å². The van der Waals surface area contributed by atoms with Gasteiger partial charge in [0.25, 0.3) is 0 Å². The lowest BCUT2D eigenvalue weighted by Gasteiger charge is -2.28. The van der Waals surface area contributed by atoms with Crippen molar-refractivity contribution in [2.24, 2.45) is 0 Å². The van der Waals surface area contributed by atoms with Gasteiger partial charge in [0.1, 0.15) is 20.3 Å². The molecule has 0 N–H and O–H groups in total. The minimum atomic E-state index is 0.438. The predicted molar refractivity (Wildman–Crippen MR) is 145 cm³/mol. The van der Waals surface area contributed by atoms with Crippen LogP contribution in [0.15, 0.2) is 41.1 Å². The van der Waals surface area contributed by atoms with Crippen LogP contribution in [0, 0.1) is 0 Å². The molecule has 0 radical (unpaired) electrons. The Morgan fingerprint density at radius 2 is 1.75 bits per heavy atom. The van der Waals surface area contributed by atoms with Gasteiger partial charge in [-0.25, -0.2) is 9.67 Å². The first-order chi connectivity index (χ1) is 15.2. The highest BCUT2D eigenvalue weighted by atomic mass is 79.9. The average Bonchev–Trinajstić information content (AvgIpc) is 3.14. The van der Waals surface area contributed by atoms with E-state index in [1.54, 1.807) is 40.0 Å². The van der Waals surface area contributed by atoms with Gasteiger partial charge in [0.2, 0.25) is 0 Å². The number of nitrogens with zero attached hydrogens (tertiary/aromatic N) is 5. The number of aromatic nitrogens is 3. The molecule has 3 rings (SSSR count). The smallest absolute Gasteiger partial charge is 0.172 e. The van der Waals surface area contributed by atoms with Crippen molar-refractivity contribution >= 4 is 90.8 Å². The largest absolute Gasteiger partial charge is 0.363 e. The van der Waals surface area contributed by atoms with Crippen molar-refractivity contribution in [2.75, 3.05) is 25.0 Å². The van der Waals surface area contributed by atoms with Gasteiger partial charge in [-0.2, -0.15) is 5.10 Å². The van der Waals surface area contributed by atoms with E-state index in [9.17, 15) is 0 Å². The van der Waals surface area contributed by atoms with E-state index in [2.05, 4.69) is 30.9 Å². The maximum atomic E-state index is 6.65. The molecular formula is C21H19BrCl3N5S2. The highest BCUT2D eigenvalue weighted by molar-refractivity contribution is 9.10. The molecule has 0 atom stereocenters. The fourth-order valence-electron chi connectivity index (χ4n) is 3.22. The van der Waals surface area contributed by atoms with E-state index < -0.39 is 0 Å². The van der Waals surface area contributed by atoms with E-state index >= 15 is 0 Å². The number of hydrogen-bond acceptors (Lipinski definition) is 4. The number of hydrogen-bond donors (Lipinski definition) is 0. The highest BCUT2D eigenvalue weighted by Crippen LogP contribution is 2.35. The number of benzene rings is 1. The van der Waals surface area contributed by atoms with E-state index in [0.717, 1.165) is 18.7 Å².